The fourth-order valence-corrected chi connectivity index (χ4v) is 4.64. The number of aryl methyl sites for hydroxylation is 2. The van der Waals surface area contributed by atoms with E-state index in [9.17, 15) is 4.79 Å². The molecule has 0 aliphatic rings. The second-order valence-corrected chi connectivity index (χ2v) is 8.98. The first-order valence-electron chi connectivity index (χ1n) is 12.0. The Morgan fingerprint density at radius 2 is 1.89 bits per heavy atom. The zero-order valence-electron chi connectivity index (χ0n) is 20.2. The summed E-state index contributed by atoms with van der Waals surface area (Å²) in [5.41, 5.74) is 4.36. The smallest absolute Gasteiger partial charge is 0.333 e. The van der Waals surface area contributed by atoms with E-state index in [1.165, 1.54) is 0 Å². The number of pyridine rings is 1. The Kier molecular flexibility index (Phi) is 6.81. The Labute approximate surface area is 213 Å². The van der Waals surface area contributed by atoms with Crippen molar-refractivity contribution in [1.82, 2.24) is 39.3 Å². The van der Waals surface area contributed by atoms with Crippen molar-refractivity contribution in [3.05, 3.63) is 87.8 Å². The average molecular weight is 503 g/mol. The molecule has 0 aliphatic carbocycles. The van der Waals surface area contributed by atoms with E-state index >= 15 is 0 Å². The molecule has 5 rings (SSSR count). The lowest BCUT2D eigenvalue weighted by atomic mass is 10.0. The van der Waals surface area contributed by atoms with Crippen molar-refractivity contribution in [3.8, 4) is 28.5 Å². The number of hydrogen-bond donors (Lipinski definition) is 1. The minimum Gasteiger partial charge on any atom is -0.333 e. The summed E-state index contributed by atoms with van der Waals surface area (Å²) in [5.74, 6) is 1.22. The third-order valence-corrected chi connectivity index (χ3v) is 6.55. The number of nitrogens with one attached hydrogen (secondary N) is 1. The molecule has 0 aliphatic heterocycles. The molecular weight excluding hydrogens is 476 g/mol. The molecule has 0 radical (unpaired) electrons. The number of nitrogens with zero attached hydrogens (tertiary/aromatic N) is 7. The highest BCUT2D eigenvalue weighted by Crippen LogP contribution is 2.28. The third-order valence-electron chi connectivity index (χ3n) is 6.26. The number of unbranched alkanes of at least 4 members (excludes halogenated alkanes) is 1. The van der Waals surface area contributed by atoms with Gasteiger partial charge in [0, 0.05) is 42.0 Å². The molecule has 4 aromatic heterocycles. The zero-order valence-corrected chi connectivity index (χ0v) is 21.0. The minimum atomic E-state index is -0.108. The van der Waals surface area contributed by atoms with Crippen LogP contribution in [0.15, 0.2) is 65.8 Å². The summed E-state index contributed by atoms with van der Waals surface area (Å²) in [7, 11) is 0. The van der Waals surface area contributed by atoms with Gasteiger partial charge in [-0.25, -0.2) is 4.79 Å². The number of rotatable bonds is 9. The summed E-state index contributed by atoms with van der Waals surface area (Å²) < 4.78 is 5.47. The standard InChI is InChI=1S/C26H27ClN8O/c1-3-5-8-19-17-35(25-22(27)13-14-33(25)4-2)26(36)34(19)16-18-11-12-23(28-15-18)20-9-6-7-10-21(20)24-29-31-32-30-24/h6-7,9-15,17H,3-5,8,16H2,1-2H3,(H,29,30,31,32). The Hall–Kier alpha value is -3.98. The molecular formula is C26H27ClN8O. The Bertz CT molecular complexity index is 1510. The SMILES string of the molecule is CCCCc1cn(-c2c(Cl)ccn2CC)c(=O)n1Cc1ccc(-c2ccccc2-c2nn[nH]n2)nc1. The lowest BCUT2D eigenvalue weighted by molar-refractivity contribution is 0.664. The monoisotopic (exact) mass is 502 g/mol. The van der Waals surface area contributed by atoms with Gasteiger partial charge in [0.2, 0.25) is 5.82 Å². The second-order valence-electron chi connectivity index (χ2n) is 8.57. The van der Waals surface area contributed by atoms with Gasteiger partial charge in [-0.05, 0) is 42.7 Å². The Morgan fingerprint density at radius 3 is 2.58 bits per heavy atom. The summed E-state index contributed by atoms with van der Waals surface area (Å²) in [5, 5.41) is 14.9. The van der Waals surface area contributed by atoms with Gasteiger partial charge in [0.1, 0.15) is 5.82 Å². The van der Waals surface area contributed by atoms with E-state index in [0.717, 1.165) is 53.9 Å². The first kappa shape index (κ1) is 23.7. The number of hydrogen-bond acceptors (Lipinski definition) is 5. The van der Waals surface area contributed by atoms with Crippen LogP contribution < -0.4 is 5.69 Å². The molecule has 36 heavy (non-hydrogen) atoms. The first-order chi connectivity index (χ1) is 17.6. The molecule has 0 saturated heterocycles. The molecule has 0 bridgehead atoms. The van der Waals surface area contributed by atoms with Crippen LogP contribution in [-0.2, 0) is 19.5 Å². The van der Waals surface area contributed by atoms with E-state index in [0.29, 0.717) is 23.2 Å². The van der Waals surface area contributed by atoms with Crippen molar-refractivity contribution in [2.75, 3.05) is 0 Å². The van der Waals surface area contributed by atoms with Gasteiger partial charge in [-0.15, -0.1) is 10.2 Å². The van der Waals surface area contributed by atoms with E-state index in [1.54, 1.807) is 4.57 Å². The maximum absolute atomic E-state index is 13.6. The maximum atomic E-state index is 13.6. The van der Waals surface area contributed by atoms with Crippen LogP contribution in [0, 0.1) is 0 Å². The third kappa shape index (κ3) is 4.49. The molecule has 0 fully saturated rings. The van der Waals surface area contributed by atoms with Crippen LogP contribution in [0.5, 0.6) is 0 Å². The van der Waals surface area contributed by atoms with Gasteiger partial charge in [-0.3, -0.25) is 14.1 Å². The van der Waals surface area contributed by atoms with E-state index < -0.39 is 0 Å². The molecule has 0 unspecified atom stereocenters. The van der Waals surface area contributed by atoms with Crippen molar-refractivity contribution < 1.29 is 0 Å². The molecule has 9 nitrogen and oxygen atoms in total. The maximum Gasteiger partial charge on any atom is 0.334 e. The Morgan fingerprint density at radius 1 is 1.06 bits per heavy atom. The molecule has 4 heterocycles. The Balaban J connectivity index is 1.48. The van der Waals surface area contributed by atoms with Gasteiger partial charge in [0.05, 0.1) is 17.3 Å². The number of halogens is 1. The zero-order chi connectivity index (χ0) is 25.1. The highest BCUT2D eigenvalue weighted by Gasteiger charge is 2.18. The quantitative estimate of drug-likeness (QED) is 0.313. The summed E-state index contributed by atoms with van der Waals surface area (Å²) >= 11 is 6.47. The van der Waals surface area contributed by atoms with Crippen molar-refractivity contribution in [2.45, 2.75) is 46.2 Å². The molecule has 1 N–H and O–H groups in total. The van der Waals surface area contributed by atoms with E-state index in [2.05, 4.69) is 27.5 Å². The number of aromatic amines is 1. The number of benzene rings is 1. The summed E-state index contributed by atoms with van der Waals surface area (Å²) in [6.07, 6.45) is 8.50. The van der Waals surface area contributed by atoms with Crippen molar-refractivity contribution in [1.29, 1.82) is 0 Å². The molecule has 0 amide bonds. The van der Waals surface area contributed by atoms with Crippen LogP contribution in [0.1, 0.15) is 37.9 Å². The van der Waals surface area contributed by atoms with Gasteiger partial charge in [0.15, 0.2) is 0 Å². The van der Waals surface area contributed by atoms with Crippen LogP contribution in [-0.4, -0.2) is 39.3 Å². The molecule has 1 aromatic carbocycles. The van der Waals surface area contributed by atoms with Crippen LogP contribution in [0.2, 0.25) is 5.02 Å². The largest absolute Gasteiger partial charge is 0.334 e. The highest BCUT2D eigenvalue weighted by molar-refractivity contribution is 6.32. The van der Waals surface area contributed by atoms with Gasteiger partial charge in [-0.2, -0.15) is 5.21 Å². The fraction of sp³-hybridized carbons (Fsp3) is 0.269. The van der Waals surface area contributed by atoms with E-state index in [4.69, 9.17) is 16.6 Å². The molecule has 184 valence electrons. The molecule has 10 heteroatoms. The van der Waals surface area contributed by atoms with Crippen LogP contribution in [0.3, 0.4) is 0 Å². The average Bonchev–Trinajstić information content (AvgIpc) is 3.64. The van der Waals surface area contributed by atoms with Crippen molar-refractivity contribution in [2.24, 2.45) is 0 Å². The topological polar surface area (TPSA) is 99.2 Å². The molecule has 0 spiro atoms. The van der Waals surface area contributed by atoms with Gasteiger partial charge in [0.25, 0.3) is 0 Å². The number of H-pyrrole nitrogens is 1. The lowest BCUT2D eigenvalue weighted by Crippen LogP contribution is -2.26. The predicted molar refractivity (Wildman–Crippen MR) is 139 cm³/mol. The summed E-state index contributed by atoms with van der Waals surface area (Å²) in [4.78, 5) is 18.3. The van der Waals surface area contributed by atoms with Crippen LogP contribution in [0.4, 0.5) is 0 Å². The normalized spacial score (nSPS) is 11.3. The molecule has 0 saturated carbocycles. The summed E-state index contributed by atoms with van der Waals surface area (Å²) in [6.45, 7) is 5.33. The summed E-state index contributed by atoms with van der Waals surface area (Å²) in [6, 6.07) is 13.6. The van der Waals surface area contributed by atoms with Crippen LogP contribution >= 0.6 is 11.6 Å². The fourth-order valence-electron chi connectivity index (χ4n) is 4.39. The van der Waals surface area contributed by atoms with Crippen molar-refractivity contribution in [3.63, 3.8) is 0 Å². The van der Waals surface area contributed by atoms with Gasteiger partial charge >= 0.3 is 5.69 Å². The second kappa shape index (κ2) is 10.3. The van der Waals surface area contributed by atoms with Crippen LogP contribution in [0.25, 0.3) is 28.5 Å². The number of imidazole rings is 1. The lowest BCUT2D eigenvalue weighted by Gasteiger charge is -2.09. The molecule has 5 aromatic rings. The number of aromatic nitrogens is 8. The predicted octanol–water partition coefficient (Wildman–Crippen LogP) is 4.75. The van der Waals surface area contributed by atoms with E-state index in [-0.39, 0.29) is 5.69 Å². The van der Waals surface area contributed by atoms with Crippen molar-refractivity contribution >= 4 is 11.6 Å². The number of tetrazole rings is 1. The van der Waals surface area contributed by atoms with Gasteiger partial charge in [-0.1, -0.05) is 55.3 Å². The minimum absolute atomic E-state index is 0.108. The first-order valence-corrected chi connectivity index (χ1v) is 12.4. The van der Waals surface area contributed by atoms with E-state index in [1.807, 2.05) is 77.1 Å². The molecule has 0 atom stereocenters. The van der Waals surface area contributed by atoms with Gasteiger partial charge < -0.3 is 4.57 Å². The highest BCUT2D eigenvalue weighted by atomic mass is 35.5.